The Balaban J connectivity index is 0.000000924. The van der Waals surface area contributed by atoms with Crippen LogP contribution in [0.15, 0.2) is 48.5 Å². The lowest BCUT2D eigenvalue weighted by molar-refractivity contribution is 0.624. The number of rotatable bonds is 3. The molecule has 0 bridgehead atoms. The van der Waals surface area contributed by atoms with E-state index in [1.165, 1.54) is 22.5 Å². The molecule has 0 amide bonds. The summed E-state index contributed by atoms with van der Waals surface area (Å²) in [5, 5.41) is 7.51. The summed E-state index contributed by atoms with van der Waals surface area (Å²) in [6.07, 6.45) is 0.573. The Morgan fingerprint density at radius 2 is 1.39 bits per heavy atom. The minimum Gasteiger partial charge on any atom is -0.388 e. The Morgan fingerprint density at radius 1 is 0.957 bits per heavy atom. The van der Waals surface area contributed by atoms with E-state index in [0.717, 1.165) is 6.54 Å². The molecule has 0 atom stereocenters. The molecule has 1 aliphatic rings. The zero-order valence-corrected chi connectivity index (χ0v) is 13.6. The van der Waals surface area contributed by atoms with Gasteiger partial charge in [0, 0.05) is 29.8 Å². The van der Waals surface area contributed by atoms with Crippen LogP contribution < -0.4 is 10.6 Å². The molecule has 0 saturated carbocycles. The van der Waals surface area contributed by atoms with Crippen molar-refractivity contribution in [2.45, 2.75) is 25.7 Å². The van der Waals surface area contributed by atoms with Crippen molar-refractivity contribution in [1.29, 1.82) is 16.5 Å². The highest BCUT2D eigenvalue weighted by Crippen LogP contribution is 2.48. The highest BCUT2D eigenvalue weighted by Gasteiger charge is 2.35. The number of fused-ring (bicyclic) bond motifs is 2. The molecule has 0 radical (unpaired) electrons. The third kappa shape index (κ3) is 2.95. The van der Waals surface area contributed by atoms with Crippen molar-refractivity contribution < 1.29 is 0 Å². The first-order chi connectivity index (χ1) is 11.0. The van der Waals surface area contributed by atoms with Crippen LogP contribution in [0.25, 0.3) is 0 Å². The quantitative estimate of drug-likeness (QED) is 0.384. The van der Waals surface area contributed by atoms with E-state index in [-0.39, 0.29) is 11.3 Å². The topological polar surface area (TPSA) is 101 Å². The summed E-state index contributed by atoms with van der Waals surface area (Å²) in [5.74, 6) is 0.231. The van der Waals surface area contributed by atoms with Crippen LogP contribution in [0, 0.1) is 16.5 Å². The summed E-state index contributed by atoms with van der Waals surface area (Å²) in [5.41, 5.74) is 20.6. The largest absolute Gasteiger partial charge is 0.388 e. The highest BCUT2D eigenvalue weighted by molar-refractivity contribution is 5.81. The summed E-state index contributed by atoms with van der Waals surface area (Å²) in [6.45, 7) is 5.28. The summed E-state index contributed by atoms with van der Waals surface area (Å²) in [7, 11) is 0. The number of benzene rings is 2. The molecular weight excluding hydrogens is 286 g/mol. The molecule has 1 heterocycles. The molecule has 5 heteroatoms. The van der Waals surface area contributed by atoms with Gasteiger partial charge in [-0.1, -0.05) is 50.2 Å². The number of nitrogens with zero attached hydrogens (tertiary/aromatic N) is 1. The number of amidine groups is 1. The van der Waals surface area contributed by atoms with E-state index in [0.29, 0.717) is 6.42 Å². The number of nitrogens with one attached hydrogen (secondary N) is 3. The Kier molecular flexibility index (Phi) is 4.79. The van der Waals surface area contributed by atoms with Crippen LogP contribution in [0.5, 0.6) is 0 Å². The predicted molar refractivity (Wildman–Crippen MR) is 94.0 cm³/mol. The minimum absolute atomic E-state index is 0.0140. The molecule has 0 spiro atoms. The van der Waals surface area contributed by atoms with Gasteiger partial charge in [0.25, 0.3) is 0 Å². The van der Waals surface area contributed by atoms with E-state index in [2.05, 4.69) is 67.3 Å². The molecule has 5 N–H and O–H groups in total. The van der Waals surface area contributed by atoms with Gasteiger partial charge >= 0.3 is 0 Å². The third-order valence-corrected chi connectivity index (χ3v) is 4.34. The first-order valence-corrected chi connectivity index (χ1v) is 7.56. The number of para-hydroxylation sites is 2. The van der Waals surface area contributed by atoms with Gasteiger partial charge in [0.15, 0.2) is 0 Å². The van der Waals surface area contributed by atoms with Gasteiger partial charge in [0.2, 0.25) is 0 Å². The summed E-state index contributed by atoms with van der Waals surface area (Å²) < 4.78 is 0. The summed E-state index contributed by atoms with van der Waals surface area (Å²) >= 11 is 0. The Morgan fingerprint density at radius 3 is 1.83 bits per heavy atom. The molecule has 5 nitrogen and oxygen atoms in total. The van der Waals surface area contributed by atoms with E-state index < -0.39 is 0 Å². The Bertz CT molecular complexity index is 659. The average molecular weight is 309 g/mol. The van der Waals surface area contributed by atoms with Gasteiger partial charge in [-0.3, -0.25) is 5.41 Å². The smallest absolute Gasteiger partial charge is 0.0923 e. The highest BCUT2D eigenvalue weighted by atomic mass is 15.1. The van der Waals surface area contributed by atoms with E-state index in [1.807, 2.05) is 0 Å². The van der Waals surface area contributed by atoms with Crippen LogP contribution >= 0.6 is 0 Å². The van der Waals surface area contributed by atoms with Crippen molar-refractivity contribution in [3.05, 3.63) is 59.7 Å². The zero-order chi connectivity index (χ0) is 17.0. The van der Waals surface area contributed by atoms with Gasteiger partial charge in [0.1, 0.15) is 0 Å². The Hall–Kier alpha value is -2.69. The van der Waals surface area contributed by atoms with Gasteiger partial charge in [-0.25, -0.2) is 11.1 Å². The van der Waals surface area contributed by atoms with Crippen LogP contribution in [0.1, 0.15) is 31.4 Å². The van der Waals surface area contributed by atoms with E-state index in [9.17, 15) is 0 Å². The third-order valence-electron chi connectivity index (χ3n) is 4.34. The van der Waals surface area contributed by atoms with Crippen LogP contribution in [-0.4, -0.2) is 12.4 Å². The zero-order valence-electron chi connectivity index (χ0n) is 13.6. The number of hydrogen-bond acceptors (Lipinski definition) is 4. The maximum absolute atomic E-state index is 7.51. The monoisotopic (exact) mass is 309 g/mol. The molecule has 2 aromatic rings. The number of hydrogen-bond donors (Lipinski definition) is 4. The van der Waals surface area contributed by atoms with Crippen molar-refractivity contribution in [3.63, 3.8) is 0 Å². The first-order valence-electron chi connectivity index (χ1n) is 7.56. The molecule has 0 saturated heterocycles. The summed E-state index contributed by atoms with van der Waals surface area (Å²) in [4.78, 5) is 2.29. The molecule has 0 unspecified atom stereocenters. The second kappa shape index (κ2) is 6.60. The number of anilines is 2. The van der Waals surface area contributed by atoms with Crippen molar-refractivity contribution in [2.24, 2.45) is 5.73 Å². The molecule has 2 aromatic carbocycles. The van der Waals surface area contributed by atoms with E-state index in [1.54, 1.807) is 0 Å². The van der Waals surface area contributed by atoms with E-state index >= 15 is 0 Å². The van der Waals surface area contributed by atoms with Gasteiger partial charge in [-0.05, 0) is 23.3 Å². The lowest BCUT2D eigenvalue weighted by Crippen LogP contribution is -2.34. The van der Waals surface area contributed by atoms with Gasteiger partial charge in [0.05, 0.1) is 5.84 Å². The fourth-order valence-electron chi connectivity index (χ4n) is 3.22. The molecule has 1 aliphatic heterocycles. The van der Waals surface area contributed by atoms with Gasteiger partial charge in [-0.2, -0.15) is 0 Å². The lowest BCUT2D eigenvalue weighted by Gasteiger charge is -2.42. The standard InChI is InChI=1S/C18H21N3.H2N2/c1-18(2)13-7-3-5-9-15(13)21(12-11-17(19)20)16-10-6-4-8-14(16)18;1-2/h3-10H,11-12H2,1-2H3,(H3,19,20);1-2H. The fourth-order valence-corrected chi connectivity index (χ4v) is 3.22. The van der Waals surface area contributed by atoms with E-state index in [4.69, 9.17) is 22.2 Å². The molecule has 23 heavy (non-hydrogen) atoms. The second-order valence-electron chi connectivity index (χ2n) is 6.09. The van der Waals surface area contributed by atoms with Crippen molar-refractivity contribution in [2.75, 3.05) is 11.4 Å². The maximum atomic E-state index is 7.51. The molecule has 0 aliphatic carbocycles. The van der Waals surface area contributed by atoms with Crippen LogP contribution in [0.3, 0.4) is 0 Å². The maximum Gasteiger partial charge on any atom is 0.0923 e. The van der Waals surface area contributed by atoms with Crippen molar-refractivity contribution >= 4 is 17.2 Å². The molecule has 3 rings (SSSR count). The Labute approximate surface area is 136 Å². The van der Waals surface area contributed by atoms with Crippen LogP contribution in [0.2, 0.25) is 0 Å². The normalized spacial score (nSPS) is 14.1. The van der Waals surface area contributed by atoms with Gasteiger partial charge in [-0.15, -0.1) is 0 Å². The van der Waals surface area contributed by atoms with Crippen molar-refractivity contribution in [1.82, 2.24) is 0 Å². The van der Waals surface area contributed by atoms with Gasteiger partial charge < -0.3 is 10.6 Å². The van der Waals surface area contributed by atoms with Crippen LogP contribution in [-0.2, 0) is 5.41 Å². The average Bonchev–Trinajstić information content (AvgIpc) is 2.57. The molecule has 120 valence electrons. The predicted octanol–water partition coefficient (Wildman–Crippen LogP) is 4.39. The summed E-state index contributed by atoms with van der Waals surface area (Å²) in [6, 6.07) is 17.1. The molecule has 0 fully saturated rings. The second-order valence-corrected chi connectivity index (χ2v) is 6.09. The van der Waals surface area contributed by atoms with Crippen molar-refractivity contribution in [3.8, 4) is 0 Å². The number of nitrogens with two attached hydrogens (primary N) is 1. The first kappa shape index (κ1) is 16.7. The molecule has 0 aromatic heterocycles. The lowest BCUT2D eigenvalue weighted by atomic mass is 9.73. The minimum atomic E-state index is -0.0140. The van der Waals surface area contributed by atoms with Crippen LogP contribution in [0.4, 0.5) is 11.4 Å². The fraction of sp³-hybridized carbons (Fsp3) is 0.278. The SMILES string of the molecule is CC1(C)c2ccccc2N(CCC(=N)N)c2ccccc21.N=N. The molecular formula is C18H23N5.